The Labute approximate surface area is 119 Å². The number of oxazole rings is 1. The third-order valence-corrected chi connectivity index (χ3v) is 3.56. The molecule has 0 aliphatic carbocycles. The lowest BCUT2D eigenvalue weighted by molar-refractivity contribution is 0.0519. The molecular formula is C12H13ClN2O3S. The number of nitrogens with zero attached hydrogens (tertiary/aromatic N) is 1. The smallest absolute Gasteiger partial charge is 0.360 e. The molecular weight excluding hydrogens is 288 g/mol. The van der Waals surface area contributed by atoms with Gasteiger partial charge in [0.05, 0.1) is 10.9 Å². The number of hydrogen-bond donors (Lipinski definition) is 1. The quantitative estimate of drug-likeness (QED) is 0.830. The lowest BCUT2D eigenvalue weighted by Gasteiger charge is -1.99. The van der Waals surface area contributed by atoms with E-state index in [-0.39, 0.29) is 5.69 Å². The van der Waals surface area contributed by atoms with Gasteiger partial charge >= 0.3 is 5.97 Å². The molecule has 7 heteroatoms. The van der Waals surface area contributed by atoms with Crippen LogP contribution in [0.3, 0.4) is 0 Å². The van der Waals surface area contributed by atoms with E-state index in [4.69, 9.17) is 20.8 Å². The molecule has 0 bridgehead atoms. The van der Waals surface area contributed by atoms with Gasteiger partial charge < -0.3 is 14.5 Å². The summed E-state index contributed by atoms with van der Waals surface area (Å²) in [6.45, 7) is 2.70. The summed E-state index contributed by atoms with van der Waals surface area (Å²) < 4.78 is 10.7. The van der Waals surface area contributed by atoms with E-state index in [1.54, 1.807) is 6.92 Å². The minimum absolute atomic E-state index is 0.170. The summed E-state index contributed by atoms with van der Waals surface area (Å²) in [5, 5.41) is 3.00. The van der Waals surface area contributed by atoms with Gasteiger partial charge in [-0.2, -0.15) is 4.98 Å². The van der Waals surface area contributed by atoms with Gasteiger partial charge in [0.25, 0.3) is 6.01 Å². The van der Waals surface area contributed by atoms with Crippen LogP contribution in [0.5, 0.6) is 0 Å². The highest BCUT2D eigenvalue weighted by molar-refractivity contribution is 7.16. The molecule has 0 spiro atoms. The summed E-state index contributed by atoms with van der Waals surface area (Å²) >= 11 is 7.38. The van der Waals surface area contributed by atoms with E-state index in [0.717, 1.165) is 10.8 Å². The van der Waals surface area contributed by atoms with E-state index in [0.29, 0.717) is 19.2 Å². The largest absolute Gasteiger partial charge is 0.461 e. The molecule has 0 saturated carbocycles. The van der Waals surface area contributed by atoms with Crippen molar-refractivity contribution >= 4 is 34.9 Å². The normalized spacial score (nSPS) is 10.4. The fourth-order valence-electron chi connectivity index (χ4n) is 1.43. The maximum Gasteiger partial charge on any atom is 0.360 e. The van der Waals surface area contributed by atoms with E-state index < -0.39 is 5.97 Å². The van der Waals surface area contributed by atoms with E-state index in [9.17, 15) is 4.79 Å². The first-order valence-electron chi connectivity index (χ1n) is 5.79. The number of hydrogen-bond acceptors (Lipinski definition) is 6. The van der Waals surface area contributed by atoms with Crippen molar-refractivity contribution in [1.82, 2.24) is 4.98 Å². The molecule has 0 amide bonds. The number of thiophene rings is 1. The number of ether oxygens (including phenoxy) is 1. The first-order chi connectivity index (χ1) is 9.19. The van der Waals surface area contributed by atoms with Gasteiger partial charge in [-0.25, -0.2) is 4.79 Å². The van der Waals surface area contributed by atoms with Crippen molar-refractivity contribution in [2.24, 2.45) is 0 Å². The predicted molar refractivity (Wildman–Crippen MR) is 74.0 cm³/mol. The second-order valence-corrected chi connectivity index (χ2v) is 5.44. The Balaban J connectivity index is 1.81. The highest BCUT2D eigenvalue weighted by Crippen LogP contribution is 2.21. The number of carbonyl (C=O) groups excluding carboxylic acids is 1. The van der Waals surface area contributed by atoms with Crippen molar-refractivity contribution in [3.8, 4) is 0 Å². The number of nitrogens with one attached hydrogen (secondary N) is 1. The molecule has 0 aliphatic heterocycles. The van der Waals surface area contributed by atoms with Crippen LogP contribution in [-0.4, -0.2) is 24.1 Å². The maximum absolute atomic E-state index is 11.4. The Morgan fingerprint density at radius 3 is 3.11 bits per heavy atom. The van der Waals surface area contributed by atoms with Crippen LogP contribution in [0.1, 0.15) is 22.3 Å². The van der Waals surface area contributed by atoms with Gasteiger partial charge in [0.2, 0.25) is 0 Å². The third-order valence-electron chi connectivity index (χ3n) is 2.27. The third kappa shape index (κ3) is 3.97. The van der Waals surface area contributed by atoms with E-state index in [2.05, 4.69) is 10.3 Å². The number of aromatic nitrogens is 1. The number of halogens is 1. The molecule has 2 heterocycles. The van der Waals surface area contributed by atoms with Gasteiger partial charge in [-0.15, -0.1) is 11.3 Å². The van der Waals surface area contributed by atoms with Crippen molar-refractivity contribution in [2.75, 3.05) is 18.5 Å². The minimum atomic E-state index is -0.482. The first-order valence-corrected chi connectivity index (χ1v) is 6.99. The zero-order chi connectivity index (χ0) is 13.7. The monoisotopic (exact) mass is 300 g/mol. The van der Waals surface area contributed by atoms with Crippen LogP contribution in [0.25, 0.3) is 0 Å². The van der Waals surface area contributed by atoms with Gasteiger partial charge in [0.1, 0.15) is 6.26 Å². The maximum atomic E-state index is 11.4. The van der Waals surface area contributed by atoms with Crippen molar-refractivity contribution in [3.63, 3.8) is 0 Å². The molecule has 2 rings (SSSR count). The molecule has 19 heavy (non-hydrogen) atoms. The molecule has 0 aliphatic rings. The average Bonchev–Trinajstić information content (AvgIpc) is 2.99. The van der Waals surface area contributed by atoms with E-state index in [1.165, 1.54) is 22.5 Å². The molecule has 2 aromatic heterocycles. The summed E-state index contributed by atoms with van der Waals surface area (Å²) in [6.07, 6.45) is 2.09. The van der Waals surface area contributed by atoms with Gasteiger partial charge in [-0.3, -0.25) is 0 Å². The van der Waals surface area contributed by atoms with Gasteiger partial charge in [0, 0.05) is 11.4 Å². The Bertz CT molecular complexity index is 553. The lowest BCUT2D eigenvalue weighted by Crippen LogP contribution is -2.07. The molecule has 5 nitrogen and oxygen atoms in total. The molecule has 1 N–H and O–H groups in total. The number of rotatable bonds is 6. The summed E-state index contributed by atoms with van der Waals surface area (Å²) in [7, 11) is 0. The van der Waals surface area contributed by atoms with Crippen LogP contribution in [0.2, 0.25) is 4.34 Å². The topological polar surface area (TPSA) is 64.4 Å². The number of anilines is 1. The zero-order valence-electron chi connectivity index (χ0n) is 10.3. The lowest BCUT2D eigenvalue weighted by atomic mass is 10.3. The Morgan fingerprint density at radius 1 is 1.58 bits per heavy atom. The second kappa shape index (κ2) is 6.58. The summed E-state index contributed by atoms with van der Waals surface area (Å²) in [6, 6.07) is 4.16. The van der Waals surface area contributed by atoms with Crippen molar-refractivity contribution in [2.45, 2.75) is 13.3 Å². The highest BCUT2D eigenvalue weighted by Gasteiger charge is 2.12. The fraction of sp³-hybridized carbons (Fsp3) is 0.333. The second-order valence-electron chi connectivity index (χ2n) is 3.64. The molecule has 0 unspecified atom stereocenters. The Morgan fingerprint density at radius 2 is 2.42 bits per heavy atom. The van der Waals surface area contributed by atoms with E-state index in [1.807, 2.05) is 12.1 Å². The number of carbonyl (C=O) groups is 1. The molecule has 0 atom stereocenters. The summed E-state index contributed by atoms with van der Waals surface area (Å²) in [5.74, 6) is -0.482. The van der Waals surface area contributed by atoms with Crippen LogP contribution >= 0.6 is 22.9 Å². The van der Waals surface area contributed by atoms with Crippen LogP contribution < -0.4 is 5.32 Å². The van der Waals surface area contributed by atoms with Crippen LogP contribution in [0.4, 0.5) is 6.01 Å². The van der Waals surface area contributed by atoms with Crippen molar-refractivity contribution in [3.05, 3.63) is 33.3 Å². The molecule has 2 aromatic rings. The summed E-state index contributed by atoms with van der Waals surface area (Å²) in [4.78, 5) is 16.5. The molecule has 0 saturated heterocycles. The fourth-order valence-corrected chi connectivity index (χ4v) is 2.52. The van der Waals surface area contributed by atoms with Crippen molar-refractivity contribution in [1.29, 1.82) is 0 Å². The summed E-state index contributed by atoms with van der Waals surface area (Å²) in [5.41, 5.74) is 0.170. The Hall–Kier alpha value is -1.53. The van der Waals surface area contributed by atoms with Crippen LogP contribution in [-0.2, 0) is 11.2 Å². The van der Waals surface area contributed by atoms with Gasteiger partial charge in [-0.1, -0.05) is 11.6 Å². The number of esters is 1. The Kier molecular flexibility index (Phi) is 4.81. The molecule has 0 fully saturated rings. The molecule has 0 aromatic carbocycles. The molecule has 0 radical (unpaired) electrons. The van der Waals surface area contributed by atoms with Gasteiger partial charge in [-0.05, 0) is 25.5 Å². The standard InChI is InChI=1S/C12H13ClN2O3S/c1-2-17-11(16)9-7-18-12(15-9)14-6-5-8-3-4-10(13)19-8/h3-4,7H,2,5-6H2,1H3,(H,14,15). The van der Waals surface area contributed by atoms with E-state index >= 15 is 0 Å². The molecule has 102 valence electrons. The van der Waals surface area contributed by atoms with Gasteiger partial charge in [0.15, 0.2) is 5.69 Å². The average molecular weight is 301 g/mol. The SMILES string of the molecule is CCOC(=O)c1coc(NCCc2ccc(Cl)s2)n1. The first kappa shape index (κ1) is 13.9. The zero-order valence-corrected chi connectivity index (χ0v) is 11.9. The van der Waals surface area contributed by atoms with Crippen molar-refractivity contribution < 1.29 is 13.9 Å². The predicted octanol–water partition coefficient (Wildman–Crippen LogP) is 3.22. The highest BCUT2D eigenvalue weighted by atomic mass is 35.5. The van der Waals surface area contributed by atoms with Crippen LogP contribution in [0.15, 0.2) is 22.8 Å². The minimum Gasteiger partial charge on any atom is -0.461 e. The van der Waals surface area contributed by atoms with Crippen LogP contribution in [0, 0.1) is 0 Å².